The number of ether oxygens (including phenoxy) is 1. The molecule has 0 spiro atoms. The van der Waals surface area contributed by atoms with Gasteiger partial charge in [-0.15, -0.1) is 10.2 Å². The molecule has 10 heteroatoms. The van der Waals surface area contributed by atoms with Crippen molar-refractivity contribution in [2.75, 3.05) is 0 Å². The monoisotopic (exact) mass is 481 g/mol. The number of aromatic carboxylic acids is 1. The van der Waals surface area contributed by atoms with Gasteiger partial charge < -0.3 is 19.5 Å². The number of pyridine rings is 1. The molecule has 0 amide bonds. The number of carbonyl (C=O) groups is 1. The smallest absolute Gasteiger partial charge is 0.335 e. The zero-order valence-electron chi connectivity index (χ0n) is 18.2. The van der Waals surface area contributed by atoms with E-state index in [1.807, 2.05) is 0 Å². The number of nitrogens with zero attached hydrogens (tertiary/aromatic N) is 3. The highest BCUT2D eigenvalue weighted by Gasteiger charge is 2.23. The molecule has 0 aliphatic heterocycles. The first-order valence-electron chi connectivity index (χ1n) is 10.2. The molecule has 2 N–H and O–H groups in total. The Bertz CT molecular complexity index is 1420. The summed E-state index contributed by atoms with van der Waals surface area (Å²) in [7, 11) is 0. The van der Waals surface area contributed by atoms with Gasteiger partial charge in [0.15, 0.2) is 5.01 Å². The molecule has 34 heavy (non-hydrogen) atoms. The summed E-state index contributed by atoms with van der Waals surface area (Å²) >= 11 is 1.08. The lowest BCUT2D eigenvalue weighted by atomic mass is 10.1. The molecule has 0 atom stereocenters. The molecule has 4 rings (SSSR count). The molecule has 0 unspecified atom stereocenters. The maximum Gasteiger partial charge on any atom is 0.335 e. The van der Waals surface area contributed by atoms with E-state index in [1.54, 1.807) is 38.2 Å². The predicted molar refractivity (Wildman–Crippen MR) is 124 cm³/mol. The molecule has 0 radical (unpaired) electrons. The Balaban J connectivity index is 1.66. The molecule has 0 aliphatic rings. The fourth-order valence-electron chi connectivity index (χ4n) is 3.13. The molecule has 8 nitrogen and oxygen atoms in total. The van der Waals surface area contributed by atoms with Crippen LogP contribution in [0.15, 0.2) is 65.6 Å². The standard InChI is InChI=1S/C24H20FN3O5S/c1-24(2,32)23-27-26-21(34-23)17-9-8-16(12-18(17)25)33-19-11-14(22(30)31)6-7-15(19)13-28-10-4-3-5-20(28)29/h3-12,32H,13H2,1-2H3,(H,30,31). The maximum atomic E-state index is 14.9. The number of carboxylic acid groups (broad SMARTS) is 1. The quantitative estimate of drug-likeness (QED) is 0.405. The Morgan fingerprint density at radius 3 is 2.59 bits per heavy atom. The average Bonchev–Trinajstić information content (AvgIpc) is 3.27. The highest BCUT2D eigenvalue weighted by Crippen LogP contribution is 2.34. The molecular weight excluding hydrogens is 461 g/mol. The lowest BCUT2D eigenvalue weighted by Gasteiger charge is -2.14. The SMILES string of the molecule is CC(C)(O)c1nnc(-c2ccc(Oc3cc(C(=O)O)ccc3Cn3ccccc3=O)cc2F)s1. The van der Waals surface area contributed by atoms with Gasteiger partial charge in [-0.1, -0.05) is 23.5 Å². The summed E-state index contributed by atoms with van der Waals surface area (Å²) in [5.74, 6) is -1.44. The fraction of sp³-hybridized carbons (Fsp3) is 0.167. The van der Waals surface area contributed by atoms with Crippen molar-refractivity contribution in [3.8, 4) is 22.1 Å². The number of hydrogen-bond donors (Lipinski definition) is 2. The Kier molecular flexibility index (Phi) is 6.27. The van der Waals surface area contributed by atoms with Crippen molar-refractivity contribution in [3.05, 3.63) is 93.1 Å². The van der Waals surface area contributed by atoms with E-state index in [4.69, 9.17) is 4.74 Å². The van der Waals surface area contributed by atoms with Crippen molar-refractivity contribution in [1.29, 1.82) is 0 Å². The fourth-order valence-corrected chi connectivity index (χ4v) is 4.00. The van der Waals surface area contributed by atoms with Gasteiger partial charge in [0.25, 0.3) is 5.56 Å². The molecule has 0 saturated carbocycles. The van der Waals surface area contributed by atoms with Gasteiger partial charge in [-0.3, -0.25) is 4.79 Å². The van der Waals surface area contributed by atoms with Crippen LogP contribution in [0.4, 0.5) is 4.39 Å². The molecular formula is C24H20FN3O5S. The van der Waals surface area contributed by atoms with Crippen LogP contribution >= 0.6 is 11.3 Å². The first kappa shape index (κ1) is 23.3. The van der Waals surface area contributed by atoms with Crippen molar-refractivity contribution in [2.24, 2.45) is 0 Å². The van der Waals surface area contributed by atoms with Crippen molar-refractivity contribution >= 4 is 17.3 Å². The summed E-state index contributed by atoms with van der Waals surface area (Å²) in [4.78, 5) is 23.6. The van der Waals surface area contributed by atoms with E-state index in [0.717, 1.165) is 17.4 Å². The second kappa shape index (κ2) is 9.16. The van der Waals surface area contributed by atoms with Crippen molar-refractivity contribution < 1.29 is 24.1 Å². The Morgan fingerprint density at radius 2 is 1.94 bits per heavy atom. The normalized spacial score (nSPS) is 11.4. The number of halogens is 1. The van der Waals surface area contributed by atoms with Gasteiger partial charge in [-0.2, -0.15) is 0 Å². The minimum atomic E-state index is -1.19. The van der Waals surface area contributed by atoms with Crippen LogP contribution in [-0.2, 0) is 12.1 Å². The molecule has 4 aromatic rings. The molecule has 0 aliphatic carbocycles. The molecule has 2 heterocycles. The summed E-state index contributed by atoms with van der Waals surface area (Å²) in [5, 5.41) is 28.0. The molecule has 0 saturated heterocycles. The van der Waals surface area contributed by atoms with Gasteiger partial charge >= 0.3 is 5.97 Å². The second-order valence-electron chi connectivity index (χ2n) is 8.01. The van der Waals surface area contributed by atoms with E-state index in [0.29, 0.717) is 15.6 Å². The van der Waals surface area contributed by atoms with Crippen LogP contribution in [0.5, 0.6) is 11.5 Å². The third kappa shape index (κ3) is 5.03. The zero-order valence-corrected chi connectivity index (χ0v) is 19.0. The number of carboxylic acids is 1. The third-order valence-corrected chi connectivity index (χ3v) is 6.17. The van der Waals surface area contributed by atoms with E-state index in [-0.39, 0.29) is 34.7 Å². The highest BCUT2D eigenvalue weighted by molar-refractivity contribution is 7.14. The summed E-state index contributed by atoms with van der Waals surface area (Å²) in [6.45, 7) is 3.27. The van der Waals surface area contributed by atoms with Crippen LogP contribution in [0.2, 0.25) is 0 Å². The molecule has 2 aromatic carbocycles. The molecule has 174 valence electrons. The third-order valence-electron chi connectivity index (χ3n) is 4.90. The van der Waals surface area contributed by atoms with E-state index in [1.165, 1.54) is 34.9 Å². The van der Waals surface area contributed by atoms with Gasteiger partial charge in [0.05, 0.1) is 12.1 Å². The molecule has 0 bridgehead atoms. The minimum absolute atomic E-state index is 0.00995. The zero-order chi connectivity index (χ0) is 24.5. The van der Waals surface area contributed by atoms with Crippen molar-refractivity contribution in [3.63, 3.8) is 0 Å². The minimum Gasteiger partial charge on any atom is -0.478 e. The Hall–Kier alpha value is -3.89. The van der Waals surface area contributed by atoms with Gasteiger partial charge in [-0.25, -0.2) is 9.18 Å². The second-order valence-corrected chi connectivity index (χ2v) is 8.99. The summed E-state index contributed by atoms with van der Waals surface area (Å²) < 4.78 is 22.2. The molecule has 0 fully saturated rings. The van der Waals surface area contributed by atoms with Crippen LogP contribution < -0.4 is 10.3 Å². The summed E-state index contributed by atoms with van der Waals surface area (Å²) in [5.41, 5.74) is -0.697. The number of aromatic nitrogens is 3. The van der Waals surface area contributed by atoms with E-state index < -0.39 is 17.4 Å². The van der Waals surface area contributed by atoms with Gasteiger partial charge in [0.1, 0.15) is 27.9 Å². The lowest BCUT2D eigenvalue weighted by Crippen LogP contribution is -2.18. The number of benzene rings is 2. The maximum absolute atomic E-state index is 14.9. The van der Waals surface area contributed by atoms with Gasteiger partial charge in [-0.05, 0) is 44.2 Å². The van der Waals surface area contributed by atoms with Crippen LogP contribution in [0.3, 0.4) is 0 Å². The van der Waals surface area contributed by atoms with Crippen molar-refractivity contribution in [2.45, 2.75) is 26.0 Å². The van der Waals surface area contributed by atoms with Gasteiger partial charge in [0, 0.05) is 29.5 Å². The van der Waals surface area contributed by atoms with Crippen molar-refractivity contribution in [1.82, 2.24) is 14.8 Å². The summed E-state index contributed by atoms with van der Waals surface area (Å²) in [6.07, 6.45) is 1.61. The summed E-state index contributed by atoms with van der Waals surface area (Å²) in [6, 6.07) is 13.2. The van der Waals surface area contributed by atoms with Crippen LogP contribution in [-0.4, -0.2) is 30.9 Å². The van der Waals surface area contributed by atoms with Crippen LogP contribution in [0.25, 0.3) is 10.6 Å². The Labute approximate surface area is 197 Å². The first-order valence-corrected chi connectivity index (χ1v) is 11.0. The largest absolute Gasteiger partial charge is 0.478 e. The lowest BCUT2D eigenvalue weighted by molar-refractivity contribution is 0.0695. The predicted octanol–water partition coefficient (Wildman–Crippen LogP) is 4.27. The number of rotatable bonds is 7. The first-order chi connectivity index (χ1) is 16.1. The van der Waals surface area contributed by atoms with E-state index in [9.17, 15) is 24.2 Å². The number of hydrogen-bond acceptors (Lipinski definition) is 7. The molecule has 2 aromatic heterocycles. The van der Waals surface area contributed by atoms with E-state index in [2.05, 4.69) is 10.2 Å². The van der Waals surface area contributed by atoms with E-state index >= 15 is 0 Å². The number of aliphatic hydroxyl groups is 1. The van der Waals surface area contributed by atoms with Gasteiger partial charge in [0.2, 0.25) is 0 Å². The average molecular weight is 482 g/mol. The van der Waals surface area contributed by atoms with Crippen LogP contribution in [0.1, 0.15) is 34.8 Å². The highest BCUT2D eigenvalue weighted by atomic mass is 32.1. The Morgan fingerprint density at radius 1 is 1.15 bits per heavy atom. The van der Waals surface area contributed by atoms with Crippen LogP contribution in [0, 0.1) is 5.82 Å². The topological polar surface area (TPSA) is 115 Å².